The molecule has 1 aliphatic heterocycles. The topological polar surface area (TPSA) is 77.4 Å². The number of fused-ring (bicyclic) bond motifs is 1. The lowest BCUT2D eigenvalue weighted by Crippen LogP contribution is -2.32. The predicted octanol–water partition coefficient (Wildman–Crippen LogP) is 2.21. The van der Waals surface area contributed by atoms with E-state index in [0.29, 0.717) is 23.6 Å². The summed E-state index contributed by atoms with van der Waals surface area (Å²) in [6.07, 6.45) is 3.48. The maximum Gasteiger partial charge on any atom is 0.255 e. The van der Waals surface area contributed by atoms with Crippen molar-refractivity contribution in [2.24, 2.45) is 0 Å². The molecule has 0 atom stereocenters. The average molecular weight is 360 g/mol. The number of rotatable bonds is 4. The van der Waals surface area contributed by atoms with E-state index < -0.39 is 15.6 Å². The van der Waals surface area contributed by atoms with Crippen molar-refractivity contribution < 1.29 is 13.2 Å². The molecule has 3 rings (SSSR count). The van der Waals surface area contributed by atoms with Gasteiger partial charge in [-0.1, -0.05) is 13.0 Å². The second-order valence-electron chi connectivity index (χ2n) is 6.30. The molecule has 132 valence electrons. The quantitative estimate of drug-likeness (QED) is 0.907. The number of sulfonamides is 1. The van der Waals surface area contributed by atoms with E-state index in [-0.39, 0.29) is 10.5 Å². The molecular formula is C18H20N2O4S. The van der Waals surface area contributed by atoms with Gasteiger partial charge in [0.2, 0.25) is 10.0 Å². The van der Waals surface area contributed by atoms with Crippen LogP contribution in [0.15, 0.2) is 58.4 Å². The first-order valence-corrected chi connectivity index (χ1v) is 9.46. The normalized spacial score (nSPS) is 15.9. The Balaban J connectivity index is 2.23. The SMILES string of the molecule is CCNS(=O)(=O)c1ccc2c(c1)C(n1ccccc1=O)=CC(C)(C)O2. The summed E-state index contributed by atoms with van der Waals surface area (Å²) in [6.45, 7) is 5.78. The summed E-state index contributed by atoms with van der Waals surface area (Å²) in [6, 6.07) is 9.54. The predicted molar refractivity (Wildman–Crippen MR) is 96.1 cm³/mol. The van der Waals surface area contributed by atoms with E-state index in [4.69, 9.17) is 4.74 Å². The van der Waals surface area contributed by atoms with Crippen LogP contribution < -0.4 is 15.0 Å². The molecule has 2 heterocycles. The summed E-state index contributed by atoms with van der Waals surface area (Å²) in [5, 5.41) is 0. The first kappa shape index (κ1) is 17.4. The number of ether oxygens (including phenoxy) is 1. The largest absolute Gasteiger partial charge is 0.483 e. The Morgan fingerprint density at radius 3 is 2.64 bits per heavy atom. The van der Waals surface area contributed by atoms with Crippen LogP contribution in [0.4, 0.5) is 0 Å². The van der Waals surface area contributed by atoms with Crippen molar-refractivity contribution in [2.75, 3.05) is 6.54 Å². The molecule has 0 radical (unpaired) electrons. The highest BCUT2D eigenvalue weighted by molar-refractivity contribution is 7.89. The lowest BCUT2D eigenvalue weighted by molar-refractivity contribution is 0.157. The van der Waals surface area contributed by atoms with Crippen molar-refractivity contribution >= 4 is 15.7 Å². The fourth-order valence-corrected chi connectivity index (χ4v) is 3.85. The Morgan fingerprint density at radius 2 is 1.96 bits per heavy atom. The minimum absolute atomic E-state index is 0.131. The van der Waals surface area contributed by atoms with Gasteiger partial charge < -0.3 is 4.74 Å². The van der Waals surface area contributed by atoms with E-state index >= 15 is 0 Å². The number of hydrogen-bond donors (Lipinski definition) is 1. The highest BCUT2D eigenvalue weighted by atomic mass is 32.2. The minimum Gasteiger partial charge on any atom is -0.483 e. The van der Waals surface area contributed by atoms with Crippen LogP contribution in [0.2, 0.25) is 0 Å². The van der Waals surface area contributed by atoms with E-state index in [1.54, 1.807) is 31.3 Å². The van der Waals surface area contributed by atoms with Gasteiger partial charge in [0, 0.05) is 24.4 Å². The molecule has 0 fully saturated rings. The first-order valence-electron chi connectivity index (χ1n) is 7.97. The summed E-state index contributed by atoms with van der Waals surface area (Å²) >= 11 is 0. The zero-order chi connectivity index (χ0) is 18.2. The van der Waals surface area contributed by atoms with Crippen molar-refractivity contribution in [3.63, 3.8) is 0 Å². The second-order valence-corrected chi connectivity index (χ2v) is 8.07. The Morgan fingerprint density at radius 1 is 1.20 bits per heavy atom. The Hall–Kier alpha value is -2.38. The fourth-order valence-electron chi connectivity index (χ4n) is 2.78. The minimum atomic E-state index is -3.61. The molecule has 7 heteroatoms. The highest BCUT2D eigenvalue weighted by Crippen LogP contribution is 2.37. The second kappa shape index (κ2) is 6.16. The van der Waals surface area contributed by atoms with E-state index in [1.165, 1.54) is 22.8 Å². The number of benzene rings is 1. The third kappa shape index (κ3) is 3.38. The van der Waals surface area contributed by atoms with E-state index in [2.05, 4.69) is 4.72 Å². The molecule has 0 saturated carbocycles. The molecule has 0 aliphatic carbocycles. The van der Waals surface area contributed by atoms with E-state index in [0.717, 1.165) is 0 Å². The lowest BCUT2D eigenvalue weighted by atomic mass is 9.99. The van der Waals surface area contributed by atoms with Crippen molar-refractivity contribution in [1.29, 1.82) is 0 Å². The van der Waals surface area contributed by atoms with Gasteiger partial charge in [0.15, 0.2) is 0 Å². The van der Waals surface area contributed by atoms with Crippen molar-refractivity contribution in [2.45, 2.75) is 31.3 Å². The zero-order valence-electron chi connectivity index (χ0n) is 14.3. The van der Waals surface area contributed by atoms with Crippen LogP contribution in [0, 0.1) is 0 Å². The van der Waals surface area contributed by atoms with Gasteiger partial charge in [-0.05, 0) is 44.2 Å². The van der Waals surface area contributed by atoms with Crippen LogP contribution in [-0.2, 0) is 10.0 Å². The molecule has 0 amide bonds. The zero-order valence-corrected chi connectivity index (χ0v) is 15.1. The Bertz CT molecular complexity index is 1000. The average Bonchev–Trinajstić information content (AvgIpc) is 2.53. The van der Waals surface area contributed by atoms with Gasteiger partial charge in [0.1, 0.15) is 11.4 Å². The van der Waals surface area contributed by atoms with Crippen molar-refractivity contribution in [1.82, 2.24) is 9.29 Å². The van der Waals surface area contributed by atoms with Crippen LogP contribution in [0.1, 0.15) is 26.3 Å². The Kier molecular flexibility index (Phi) is 4.30. The molecule has 0 bridgehead atoms. The van der Waals surface area contributed by atoms with Gasteiger partial charge in [-0.3, -0.25) is 9.36 Å². The summed E-state index contributed by atoms with van der Waals surface area (Å²) in [4.78, 5) is 12.4. The monoisotopic (exact) mass is 360 g/mol. The molecule has 1 aromatic heterocycles. The molecule has 25 heavy (non-hydrogen) atoms. The van der Waals surface area contributed by atoms with Crippen LogP contribution >= 0.6 is 0 Å². The molecular weight excluding hydrogens is 340 g/mol. The van der Waals surface area contributed by atoms with Crippen molar-refractivity contribution in [3.8, 4) is 5.75 Å². The van der Waals surface area contributed by atoms with Crippen LogP contribution in [-0.4, -0.2) is 25.1 Å². The number of aromatic nitrogens is 1. The molecule has 0 saturated heterocycles. The summed E-state index contributed by atoms with van der Waals surface area (Å²) < 4.78 is 34.5. The molecule has 1 aliphatic rings. The standard InChI is InChI=1S/C18H20N2O4S/c1-4-19-25(22,23)13-8-9-16-14(11-13)15(12-18(2,3)24-16)20-10-6-5-7-17(20)21/h5-12,19H,4H2,1-3H3. The van der Waals surface area contributed by atoms with Crippen LogP contribution in [0.3, 0.4) is 0 Å². The lowest BCUT2D eigenvalue weighted by Gasteiger charge is -2.31. The van der Waals surface area contributed by atoms with Crippen LogP contribution in [0.5, 0.6) is 5.75 Å². The molecule has 1 N–H and O–H groups in total. The molecule has 6 nitrogen and oxygen atoms in total. The van der Waals surface area contributed by atoms with E-state index in [1.807, 2.05) is 19.9 Å². The number of pyridine rings is 1. The Labute approximate surface area is 146 Å². The number of nitrogens with one attached hydrogen (secondary N) is 1. The van der Waals surface area contributed by atoms with Crippen molar-refractivity contribution in [3.05, 3.63) is 64.6 Å². The van der Waals surface area contributed by atoms with Gasteiger partial charge in [0.05, 0.1) is 10.6 Å². The number of hydrogen-bond acceptors (Lipinski definition) is 4. The van der Waals surface area contributed by atoms with Crippen LogP contribution in [0.25, 0.3) is 5.70 Å². The van der Waals surface area contributed by atoms with Gasteiger partial charge in [-0.15, -0.1) is 0 Å². The summed E-state index contributed by atoms with van der Waals surface area (Å²) in [7, 11) is -3.61. The summed E-state index contributed by atoms with van der Waals surface area (Å²) in [5.41, 5.74) is 0.342. The third-order valence-electron chi connectivity index (χ3n) is 3.81. The molecule has 2 aromatic rings. The molecule has 0 spiro atoms. The maximum absolute atomic E-state index is 12.3. The first-order chi connectivity index (χ1) is 11.7. The fraction of sp³-hybridized carbons (Fsp3) is 0.278. The van der Waals surface area contributed by atoms with Gasteiger partial charge in [0.25, 0.3) is 5.56 Å². The van der Waals surface area contributed by atoms with Gasteiger partial charge >= 0.3 is 0 Å². The summed E-state index contributed by atoms with van der Waals surface area (Å²) in [5.74, 6) is 0.536. The number of nitrogens with zero attached hydrogens (tertiary/aromatic N) is 1. The third-order valence-corrected chi connectivity index (χ3v) is 5.35. The van der Waals surface area contributed by atoms with Gasteiger partial charge in [-0.2, -0.15) is 0 Å². The molecule has 1 aromatic carbocycles. The van der Waals surface area contributed by atoms with E-state index in [9.17, 15) is 13.2 Å². The smallest absolute Gasteiger partial charge is 0.255 e. The van der Waals surface area contributed by atoms with Gasteiger partial charge in [-0.25, -0.2) is 13.1 Å². The maximum atomic E-state index is 12.3. The highest BCUT2D eigenvalue weighted by Gasteiger charge is 2.29. The molecule has 0 unspecified atom stereocenters.